The van der Waals surface area contributed by atoms with Crippen LogP contribution in [0.1, 0.15) is 25.7 Å². The molecule has 18 heavy (non-hydrogen) atoms. The lowest BCUT2D eigenvalue weighted by Crippen LogP contribution is -2.31. The monoisotopic (exact) mass is 249 g/mol. The van der Waals surface area contributed by atoms with Gasteiger partial charge >= 0.3 is 0 Å². The highest BCUT2D eigenvalue weighted by molar-refractivity contribution is 5.49. The van der Waals surface area contributed by atoms with Crippen molar-refractivity contribution in [2.45, 2.75) is 25.7 Å². The second-order valence-corrected chi connectivity index (χ2v) is 4.98. The fourth-order valence-electron chi connectivity index (χ4n) is 2.78. The zero-order valence-corrected chi connectivity index (χ0v) is 11.1. The van der Waals surface area contributed by atoms with Crippen LogP contribution in [0.3, 0.4) is 0 Å². The van der Waals surface area contributed by atoms with Gasteiger partial charge in [0.05, 0.1) is 7.11 Å². The topological polar surface area (TPSA) is 60.2 Å². The number of pyridine rings is 1. The van der Waals surface area contributed by atoms with E-state index in [9.17, 15) is 0 Å². The van der Waals surface area contributed by atoms with E-state index in [1.165, 1.54) is 25.7 Å². The lowest BCUT2D eigenvalue weighted by atomic mass is 9.79. The third kappa shape index (κ3) is 3.13. The first-order valence-corrected chi connectivity index (χ1v) is 6.78. The van der Waals surface area contributed by atoms with Gasteiger partial charge in [-0.2, -0.15) is 0 Å². The summed E-state index contributed by atoms with van der Waals surface area (Å²) in [6.45, 7) is 1.74. The summed E-state index contributed by atoms with van der Waals surface area (Å²) < 4.78 is 5.29. The first kappa shape index (κ1) is 13.1. The molecule has 0 radical (unpaired) electrons. The van der Waals surface area contributed by atoms with Gasteiger partial charge in [0.2, 0.25) is 0 Å². The van der Waals surface area contributed by atoms with Gasteiger partial charge in [0.15, 0.2) is 11.6 Å². The fraction of sp³-hybridized carbons (Fsp3) is 0.643. The van der Waals surface area contributed by atoms with Crippen molar-refractivity contribution in [3.63, 3.8) is 0 Å². The molecule has 100 valence electrons. The molecule has 2 unspecified atom stereocenters. The van der Waals surface area contributed by atoms with Gasteiger partial charge in [-0.1, -0.05) is 12.8 Å². The predicted molar refractivity (Wildman–Crippen MR) is 73.8 cm³/mol. The van der Waals surface area contributed by atoms with E-state index in [1.54, 1.807) is 13.3 Å². The largest absolute Gasteiger partial charge is 0.493 e. The quantitative estimate of drug-likeness (QED) is 0.840. The Hall–Kier alpha value is -1.29. The average molecular weight is 249 g/mol. The molecule has 1 aromatic rings. The molecule has 4 nitrogen and oxygen atoms in total. The lowest BCUT2D eigenvalue weighted by molar-refractivity contribution is 0.255. The third-order valence-corrected chi connectivity index (χ3v) is 3.89. The summed E-state index contributed by atoms with van der Waals surface area (Å²) >= 11 is 0. The minimum absolute atomic E-state index is 0.654. The Bertz CT molecular complexity index is 370. The maximum atomic E-state index is 5.85. The fourth-order valence-corrected chi connectivity index (χ4v) is 2.78. The minimum atomic E-state index is 0.654. The normalized spacial score (nSPS) is 23.7. The van der Waals surface area contributed by atoms with Crippen molar-refractivity contribution < 1.29 is 4.74 Å². The van der Waals surface area contributed by atoms with Crippen LogP contribution in [0.25, 0.3) is 0 Å². The van der Waals surface area contributed by atoms with Crippen LogP contribution >= 0.6 is 0 Å². The summed E-state index contributed by atoms with van der Waals surface area (Å²) in [6, 6.07) is 3.81. The van der Waals surface area contributed by atoms with E-state index in [0.717, 1.165) is 24.7 Å². The van der Waals surface area contributed by atoms with Gasteiger partial charge in [-0.05, 0) is 43.4 Å². The van der Waals surface area contributed by atoms with Gasteiger partial charge < -0.3 is 15.8 Å². The summed E-state index contributed by atoms with van der Waals surface area (Å²) in [4.78, 5) is 4.32. The van der Waals surface area contributed by atoms with Crippen LogP contribution in [0.15, 0.2) is 18.3 Å². The molecular weight excluding hydrogens is 226 g/mol. The summed E-state index contributed by atoms with van der Waals surface area (Å²) in [5, 5.41) is 3.41. The maximum Gasteiger partial charge on any atom is 0.168 e. The molecule has 1 aromatic heterocycles. The van der Waals surface area contributed by atoms with Crippen LogP contribution in [0.4, 0.5) is 5.82 Å². The lowest BCUT2D eigenvalue weighted by Gasteiger charge is -2.31. The Labute approximate surface area is 109 Å². The number of hydrogen-bond acceptors (Lipinski definition) is 4. The van der Waals surface area contributed by atoms with E-state index < -0.39 is 0 Å². The number of anilines is 1. The molecule has 3 N–H and O–H groups in total. The second-order valence-electron chi connectivity index (χ2n) is 4.98. The van der Waals surface area contributed by atoms with Gasteiger partial charge in [0.1, 0.15) is 0 Å². The number of nitrogens with one attached hydrogen (secondary N) is 1. The Morgan fingerprint density at radius 2 is 2.17 bits per heavy atom. The molecule has 0 spiro atoms. The number of nitrogens with two attached hydrogens (primary N) is 1. The molecular formula is C14H23N3O. The SMILES string of the molecule is COc1cccnc1NCC1CCCCC1CN. The Morgan fingerprint density at radius 1 is 1.39 bits per heavy atom. The van der Waals surface area contributed by atoms with Gasteiger partial charge in [-0.15, -0.1) is 0 Å². The molecule has 0 aliphatic heterocycles. The number of ether oxygens (including phenoxy) is 1. The third-order valence-electron chi connectivity index (χ3n) is 3.89. The number of nitrogens with zero attached hydrogens (tertiary/aromatic N) is 1. The summed E-state index contributed by atoms with van der Waals surface area (Å²) in [5.41, 5.74) is 5.85. The molecule has 0 saturated heterocycles. The van der Waals surface area contributed by atoms with Crippen LogP contribution in [-0.2, 0) is 0 Å². The molecule has 0 bridgehead atoms. The number of hydrogen-bond donors (Lipinski definition) is 2. The van der Waals surface area contributed by atoms with Crippen LogP contribution in [0, 0.1) is 11.8 Å². The van der Waals surface area contributed by atoms with Crippen molar-refractivity contribution in [2.24, 2.45) is 17.6 Å². The van der Waals surface area contributed by atoms with Crippen LogP contribution in [0.5, 0.6) is 5.75 Å². The Morgan fingerprint density at radius 3 is 2.89 bits per heavy atom. The number of rotatable bonds is 5. The van der Waals surface area contributed by atoms with Crippen LogP contribution in [0.2, 0.25) is 0 Å². The van der Waals surface area contributed by atoms with Crippen molar-refractivity contribution in [1.82, 2.24) is 4.98 Å². The highest BCUT2D eigenvalue weighted by atomic mass is 16.5. The van der Waals surface area contributed by atoms with E-state index in [0.29, 0.717) is 11.8 Å². The van der Waals surface area contributed by atoms with Gasteiger partial charge in [-0.3, -0.25) is 0 Å². The maximum absolute atomic E-state index is 5.85. The first-order valence-electron chi connectivity index (χ1n) is 6.78. The number of methoxy groups -OCH3 is 1. The van der Waals surface area contributed by atoms with Crippen molar-refractivity contribution in [3.05, 3.63) is 18.3 Å². The molecule has 1 saturated carbocycles. The first-order chi connectivity index (χ1) is 8.85. The molecule has 0 aromatic carbocycles. The smallest absolute Gasteiger partial charge is 0.168 e. The molecule has 1 aliphatic rings. The zero-order valence-electron chi connectivity index (χ0n) is 11.1. The van der Waals surface area contributed by atoms with Crippen LogP contribution < -0.4 is 15.8 Å². The van der Waals surface area contributed by atoms with E-state index in [4.69, 9.17) is 10.5 Å². The van der Waals surface area contributed by atoms with Gasteiger partial charge in [0.25, 0.3) is 0 Å². The summed E-state index contributed by atoms with van der Waals surface area (Å²) in [6.07, 6.45) is 6.96. The van der Waals surface area contributed by atoms with Crippen molar-refractivity contribution in [3.8, 4) is 5.75 Å². The molecule has 0 amide bonds. The average Bonchev–Trinajstić information content (AvgIpc) is 2.45. The van der Waals surface area contributed by atoms with E-state index in [-0.39, 0.29) is 0 Å². The standard InChI is InChI=1S/C14H23N3O/c1-18-13-7-4-8-16-14(13)17-10-12-6-3-2-5-11(12)9-15/h4,7-8,11-12H,2-3,5-6,9-10,15H2,1H3,(H,16,17). The molecule has 1 fully saturated rings. The number of aromatic nitrogens is 1. The highest BCUT2D eigenvalue weighted by Gasteiger charge is 2.23. The molecule has 1 aliphatic carbocycles. The summed E-state index contributed by atoms with van der Waals surface area (Å²) in [5.74, 6) is 2.95. The molecule has 1 heterocycles. The second kappa shape index (κ2) is 6.59. The molecule has 2 rings (SSSR count). The van der Waals surface area contributed by atoms with E-state index in [2.05, 4.69) is 10.3 Å². The zero-order chi connectivity index (χ0) is 12.8. The Balaban J connectivity index is 1.93. The summed E-state index contributed by atoms with van der Waals surface area (Å²) in [7, 11) is 1.67. The van der Waals surface area contributed by atoms with Crippen molar-refractivity contribution in [1.29, 1.82) is 0 Å². The predicted octanol–water partition coefficient (Wildman–Crippen LogP) is 2.27. The van der Waals surface area contributed by atoms with Crippen LogP contribution in [-0.4, -0.2) is 25.2 Å². The van der Waals surface area contributed by atoms with Gasteiger partial charge in [-0.25, -0.2) is 4.98 Å². The molecule has 2 atom stereocenters. The van der Waals surface area contributed by atoms with E-state index in [1.807, 2.05) is 12.1 Å². The van der Waals surface area contributed by atoms with Crippen molar-refractivity contribution >= 4 is 5.82 Å². The molecule has 4 heteroatoms. The van der Waals surface area contributed by atoms with Gasteiger partial charge in [0, 0.05) is 12.7 Å². The highest BCUT2D eigenvalue weighted by Crippen LogP contribution is 2.30. The minimum Gasteiger partial charge on any atom is -0.493 e. The van der Waals surface area contributed by atoms with Crippen molar-refractivity contribution in [2.75, 3.05) is 25.5 Å². The van der Waals surface area contributed by atoms with E-state index >= 15 is 0 Å². The Kier molecular flexibility index (Phi) is 4.81.